The van der Waals surface area contributed by atoms with Gasteiger partial charge in [0.2, 0.25) is 0 Å². The van der Waals surface area contributed by atoms with E-state index in [2.05, 4.69) is 34.4 Å². The molecule has 25 heavy (non-hydrogen) atoms. The van der Waals surface area contributed by atoms with Gasteiger partial charge in [-0.3, -0.25) is 9.89 Å². The van der Waals surface area contributed by atoms with Crippen LogP contribution in [0.2, 0.25) is 0 Å². The van der Waals surface area contributed by atoms with Crippen molar-refractivity contribution >= 4 is 29.9 Å². The van der Waals surface area contributed by atoms with Crippen LogP contribution in [0.1, 0.15) is 52.4 Å². The lowest BCUT2D eigenvalue weighted by Crippen LogP contribution is -2.47. The molecule has 1 aliphatic carbocycles. The van der Waals surface area contributed by atoms with Gasteiger partial charge in [0.15, 0.2) is 5.96 Å². The van der Waals surface area contributed by atoms with Crippen LogP contribution >= 0.6 is 24.0 Å². The molecule has 2 aliphatic rings. The predicted octanol–water partition coefficient (Wildman–Crippen LogP) is 3.10. The molecule has 2 fully saturated rings. The third kappa shape index (κ3) is 8.91. The lowest BCUT2D eigenvalue weighted by molar-refractivity contribution is 0.0320. The first kappa shape index (κ1) is 23.0. The van der Waals surface area contributed by atoms with E-state index in [0.717, 1.165) is 51.3 Å². The molecule has 1 aliphatic heterocycles. The van der Waals surface area contributed by atoms with Crippen molar-refractivity contribution in [3.05, 3.63) is 0 Å². The van der Waals surface area contributed by atoms with E-state index in [-0.39, 0.29) is 24.0 Å². The minimum Gasteiger partial charge on any atom is -0.379 e. The Morgan fingerprint density at radius 1 is 1.20 bits per heavy atom. The summed E-state index contributed by atoms with van der Waals surface area (Å²) >= 11 is 0. The molecule has 2 N–H and O–H groups in total. The SMILES string of the molecule is CCCC1CCC(NC(=NC)NCC(C)CN2CCOCC2)CC1.I. The summed E-state index contributed by atoms with van der Waals surface area (Å²) in [6.45, 7) is 10.6. The van der Waals surface area contributed by atoms with E-state index in [9.17, 15) is 0 Å². The van der Waals surface area contributed by atoms with Crippen molar-refractivity contribution in [3.63, 3.8) is 0 Å². The first-order valence-electron chi connectivity index (χ1n) is 9.98. The summed E-state index contributed by atoms with van der Waals surface area (Å²) in [4.78, 5) is 6.92. The molecule has 0 spiro atoms. The average Bonchev–Trinajstić information content (AvgIpc) is 2.61. The van der Waals surface area contributed by atoms with Crippen LogP contribution < -0.4 is 10.6 Å². The molecule has 6 heteroatoms. The summed E-state index contributed by atoms with van der Waals surface area (Å²) in [5.74, 6) is 2.54. The summed E-state index contributed by atoms with van der Waals surface area (Å²) in [5.41, 5.74) is 0. The predicted molar refractivity (Wildman–Crippen MR) is 117 cm³/mol. The van der Waals surface area contributed by atoms with Gasteiger partial charge in [0.25, 0.3) is 0 Å². The van der Waals surface area contributed by atoms with Crippen molar-refractivity contribution in [1.29, 1.82) is 0 Å². The number of ether oxygens (including phenoxy) is 1. The van der Waals surface area contributed by atoms with Crippen molar-refractivity contribution in [2.24, 2.45) is 16.8 Å². The maximum atomic E-state index is 5.42. The zero-order chi connectivity index (χ0) is 17.2. The van der Waals surface area contributed by atoms with Crippen LogP contribution in [0.3, 0.4) is 0 Å². The van der Waals surface area contributed by atoms with E-state index < -0.39 is 0 Å². The fourth-order valence-corrected chi connectivity index (χ4v) is 3.95. The van der Waals surface area contributed by atoms with Gasteiger partial charge < -0.3 is 15.4 Å². The maximum Gasteiger partial charge on any atom is 0.191 e. The van der Waals surface area contributed by atoms with Crippen LogP contribution in [0.4, 0.5) is 0 Å². The number of guanidine groups is 1. The van der Waals surface area contributed by atoms with Crippen molar-refractivity contribution < 1.29 is 4.74 Å². The molecule has 1 atom stereocenters. The summed E-state index contributed by atoms with van der Waals surface area (Å²) in [7, 11) is 1.88. The molecule has 1 heterocycles. The lowest BCUT2D eigenvalue weighted by atomic mass is 9.83. The second-order valence-electron chi connectivity index (χ2n) is 7.62. The van der Waals surface area contributed by atoms with Crippen molar-refractivity contribution in [2.45, 2.75) is 58.4 Å². The van der Waals surface area contributed by atoms with E-state index in [4.69, 9.17) is 4.74 Å². The van der Waals surface area contributed by atoms with Crippen LogP contribution in [0.5, 0.6) is 0 Å². The summed E-state index contributed by atoms with van der Waals surface area (Å²) < 4.78 is 5.42. The Hall–Kier alpha value is -0.0800. The third-order valence-corrected chi connectivity index (χ3v) is 5.40. The Morgan fingerprint density at radius 2 is 1.88 bits per heavy atom. The van der Waals surface area contributed by atoms with Crippen LogP contribution in [-0.2, 0) is 4.74 Å². The monoisotopic (exact) mass is 466 g/mol. The highest BCUT2D eigenvalue weighted by atomic mass is 127. The maximum absolute atomic E-state index is 5.42. The van der Waals surface area contributed by atoms with E-state index in [0.29, 0.717) is 12.0 Å². The highest BCUT2D eigenvalue weighted by Crippen LogP contribution is 2.27. The van der Waals surface area contributed by atoms with Crippen LogP contribution in [-0.4, -0.2) is 63.3 Å². The third-order valence-electron chi connectivity index (χ3n) is 5.40. The Balaban J connectivity index is 0.00000312. The molecule has 0 aromatic carbocycles. The number of hydrogen-bond donors (Lipinski definition) is 2. The summed E-state index contributed by atoms with van der Waals surface area (Å²) in [5, 5.41) is 7.16. The molecule has 2 rings (SSSR count). The molecule has 1 saturated carbocycles. The second-order valence-corrected chi connectivity index (χ2v) is 7.62. The van der Waals surface area contributed by atoms with Gasteiger partial charge in [-0.05, 0) is 37.5 Å². The minimum atomic E-state index is 0. The first-order valence-corrected chi connectivity index (χ1v) is 9.98. The molecule has 0 bridgehead atoms. The van der Waals surface area contributed by atoms with Crippen LogP contribution in [0.15, 0.2) is 4.99 Å². The summed E-state index contributed by atoms with van der Waals surface area (Å²) in [6, 6.07) is 0.596. The van der Waals surface area contributed by atoms with Gasteiger partial charge in [-0.25, -0.2) is 0 Å². The Labute approximate surface area is 171 Å². The Morgan fingerprint density at radius 3 is 2.48 bits per heavy atom. The van der Waals surface area contributed by atoms with Gasteiger partial charge in [-0.1, -0.05) is 26.7 Å². The molecule has 0 radical (unpaired) electrons. The highest BCUT2D eigenvalue weighted by molar-refractivity contribution is 14.0. The largest absolute Gasteiger partial charge is 0.379 e. The van der Waals surface area contributed by atoms with E-state index in [1.807, 2.05) is 7.05 Å². The number of hydrogen-bond acceptors (Lipinski definition) is 3. The van der Waals surface area contributed by atoms with Gasteiger partial charge in [0, 0.05) is 39.3 Å². The van der Waals surface area contributed by atoms with Gasteiger partial charge >= 0.3 is 0 Å². The Bertz CT molecular complexity index is 366. The number of aliphatic imine (C=N–C) groups is 1. The lowest BCUT2D eigenvalue weighted by Gasteiger charge is -2.31. The van der Waals surface area contributed by atoms with Gasteiger partial charge in [-0.15, -0.1) is 24.0 Å². The average molecular weight is 466 g/mol. The second kappa shape index (κ2) is 13.1. The smallest absolute Gasteiger partial charge is 0.191 e. The number of morpholine rings is 1. The molecule has 5 nitrogen and oxygen atoms in total. The first-order chi connectivity index (χ1) is 11.7. The normalized spacial score (nSPS) is 26.6. The van der Waals surface area contributed by atoms with Gasteiger partial charge in [-0.2, -0.15) is 0 Å². The molecule has 0 amide bonds. The zero-order valence-corrected chi connectivity index (χ0v) is 18.8. The van der Waals surface area contributed by atoms with E-state index >= 15 is 0 Å². The number of rotatable bonds is 7. The molecular weight excluding hydrogens is 427 g/mol. The number of halogens is 1. The van der Waals surface area contributed by atoms with E-state index in [1.54, 1.807) is 0 Å². The molecule has 0 aromatic heterocycles. The Kier molecular flexibility index (Phi) is 12.1. The molecule has 1 saturated heterocycles. The fraction of sp³-hybridized carbons (Fsp3) is 0.947. The summed E-state index contributed by atoms with van der Waals surface area (Å²) in [6.07, 6.45) is 8.04. The highest BCUT2D eigenvalue weighted by Gasteiger charge is 2.21. The van der Waals surface area contributed by atoms with Crippen molar-refractivity contribution in [2.75, 3.05) is 46.4 Å². The van der Waals surface area contributed by atoms with Crippen molar-refractivity contribution in [3.8, 4) is 0 Å². The molecule has 0 aromatic rings. The van der Waals surface area contributed by atoms with Gasteiger partial charge in [0.1, 0.15) is 0 Å². The quantitative estimate of drug-likeness (QED) is 0.344. The number of nitrogens with one attached hydrogen (secondary N) is 2. The topological polar surface area (TPSA) is 48.9 Å². The minimum absolute atomic E-state index is 0. The number of nitrogens with zero attached hydrogens (tertiary/aromatic N) is 2. The van der Waals surface area contributed by atoms with Crippen molar-refractivity contribution in [1.82, 2.24) is 15.5 Å². The molecular formula is C19H39IN4O. The fourth-order valence-electron chi connectivity index (χ4n) is 3.95. The standard InChI is InChI=1S/C19H38N4O.HI/c1-4-5-17-6-8-18(9-7-17)22-19(20-3)21-14-16(2)15-23-10-12-24-13-11-23;/h16-18H,4-15H2,1-3H3,(H2,20,21,22);1H. The van der Waals surface area contributed by atoms with E-state index in [1.165, 1.54) is 38.5 Å². The van der Waals surface area contributed by atoms with Crippen LogP contribution in [0, 0.1) is 11.8 Å². The molecule has 148 valence electrons. The zero-order valence-electron chi connectivity index (χ0n) is 16.4. The van der Waals surface area contributed by atoms with Gasteiger partial charge in [0.05, 0.1) is 13.2 Å². The van der Waals surface area contributed by atoms with Crippen LogP contribution in [0.25, 0.3) is 0 Å². The molecule has 1 unspecified atom stereocenters.